The molecule has 1 aliphatic carbocycles. The standard InChI is InChI=1S/C73H49B2N3O3/c1-73(2)57-42-53(80-51-30-16-7-17-31-51)37-39-55(57)56-43-65-69-72(68(56)73)77(48-24-10-4-11-25-48)62-34-20-18-32-58(62)74(69)60-44-61-64(45-63(60)76(65)47-22-8-3-9-23-47)78(49-26-12-5-13-27-49)71-54-38-36-52(79-50-28-14-6-15-29-50)40-46(54)41-67-70(71)75(61)59-33-19-21-35-66(59)81-67/h3-45H,1-2H3. The van der Waals surface area contributed by atoms with Crippen molar-refractivity contribution in [3.8, 4) is 45.6 Å². The lowest BCUT2D eigenvalue weighted by molar-refractivity contribution is 0.480. The fourth-order valence-electron chi connectivity index (χ4n) is 14.2. The molecule has 8 heteroatoms. The third-order valence-electron chi connectivity index (χ3n) is 17.5. The Morgan fingerprint density at radius 1 is 0.358 bits per heavy atom. The normalized spacial score (nSPS) is 14.1. The first-order valence-corrected chi connectivity index (χ1v) is 28.0. The summed E-state index contributed by atoms with van der Waals surface area (Å²) in [6.07, 6.45) is 0. The predicted molar refractivity (Wildman–Crippen MR) is 334 cm³/mol. The van der Waals surface area contributed by atoms with Crippen LogP contribution in [-0.2, 0) is 5.41 Å². The summed E-state index contributed by atoms with van der Waals surface area (Å²) in [4.78, 5) is 7.65. The van der Waals surface area contributed by atoms with Crippen molar-refractivity contribution in [2.45, 2.75) is 19.3 Å². The van der Waals surface area contributed by atoms with Gasteiger partial charge in [0.15, 0.2) is 0 Å². The van der Waals surface area contributed by atoms with Crippen LogP contribution in [0, 0.1) is 0 Å². The second-order valence-electron chi connectivity index (χ2n) is 22.3. The third kappa shape index (κ3) is 6.77. The van der Waals surface area contributed by atoms with Gasteiger partial charge in [0, 0.05) is 56.3 Å². The minimum Gasteiger partial charge on any atom is -0.458 e. The van der Waals surface area contributed by atoms with E-state index in [2.05, 4.69) is 229 Å². The minimum atomic E-state index is -0.429. The van der Waals surface area contributed by atoms with Crippen LogP contribution in [0.15, 0.2) is 261 Å². The van der Waals surface area contributed by atoms with Crippen LogP contribution in [0.3, 0.4) is 0 Å². The zero-order valence-corrected chi connectivity index (χ0v) is 44.5. The number of ether oxygens (including phenoxy) is 3. The van der Waals surface area contributed by atoms with Crippen molar-refractivity contribution in [3.05, 3.63) is 272 Å². The van der Waals surface area contributed by atoms with Crippen LogP contribution < -0.4 is 61.7 Å². The third-order valence-corrected chi connectivity index (χ3v) is 17.5. The van der Waals surface area contributed by atoms with Gasteiger partial charge < -0.3 is 28.9 Å². The molecule has 0 radical (unpaired) electrons. The lowest BCUT2D eigenvalue weighted by Crippen LogP contribution is -2.64. The van der Waals surface area contributed by atoms with Gasteiger partial charge in [-0.05, 0) is 182 Å². The molecule has 0 amide bonds. The second kappa shape index (κ2) is 17.4. The van der Waals surface area contributed by atoms with E-state index < -0.39 is 5.41 Å². The molecule has 380 valence electrons. The Morgan fingerprint density at radius 3 is 1.56 bits per heavy atom. The van der Waals surface area contributed by atoms with Crippen LogP contribution in [0.1, 0.15) is 25.0 Å². The van der Waals surface area contributed by atoms with Gasteiger partial charge in [-0.3, -0.25) is 0 Å². The zero-order chi connectivity index (χ0) is 53.5. The molecule has 6 nitrogen and oxygen atoms in total. The molecule has 0 unspecified atom stereocenters. The highest BCUT2D eigenvalue weighted by atomic mass is 16.5. The Balaban J connectivity index is 0.968. The van der Waals surface area contributed by atoms with E-state index in [-0.39, 0.29) is 13.4 Å². The van der Waals surface area contributed by atoms with Crippen molar-refractivity contribution in [2.24, 2.45) is 0 Å². The Bertz CT molecular complexity index is 4560. The fourth-order valence-corrected chi connectivity index (χ4v) is 14.2. The van der Waals surface area contributed by atoms with Gasteiger partial charge in [-0.1, -0.05) is 153 Å². The maximum Gasteiger partial charge on any atom is 0.256 e. The van der Waals surface area contributed by atoms with Gasteiger partial charge in [-0.2, -0.15) is 0 Å². The van der Waals surface area contributed by atoms with Crippen molar-refractivity contribution < 1.29 is 14.2 Å². The van der Waals surface area contributed by atoms with Gasteiger partial charge >= 0.3 is 0 Å². The molecule has 0 fully saturated rings. The molecule has 12 aromatic carbocycles. The van der Waals surface area contributed by atoms with Gasteiger partial charge in [-0.25, -0.2) is 0 Å². The Labute approximate surface area is 471 Å². The fraction of sp³-hybridized carbons (Fsp3) is 0.0411. The summed E-state index contributed by atoms with van der Waals surface area (Å²) >= 11 is 0. The number of anilines is 9. The first kappa shape index (κ1) is 45.8. The van der Waals surface area contributed by atoms with E-state index >= 15 is 0 Å². The lowest BCUT2D eigenvalue weighted by Gasteiger charge is -2.47. The maximum atomic E-state index is 7.13. The van der Waals surface area contributed by atoms with Crippen LogP contribution >= 0.6 is 0 Å². The van der Waals surface area contributed by atoms with Crippen LogP contribution in [0.2, 0.25) is 0 Å². The topological polar surface area (TPSA) is 37.4 Å². The molecule has 0 bridgehead atoms. The highest BCUT2D eigenvalue weighted by molar-refractivity contribution is 7.03. The largest absolute Gasteiger partial charge is 0.458 e. The molecule has 0 spiro atoms. The van der Waals surface area contributed by atoms with Gasteiger partial charge in [0.1, 0.15) is 34.5 Å². The molecule has 17 rings (SSSR count). The van der Waals surface area contributed by atoms with Crippen molar-refractivity contribution in [3.63, 3.8) is 0 Å². The van der Waals surface area contributed by atoms with Crippen molar-refractivity contribution in [1.29, 1.82) is 0 Å². The van der Waals surface area contributed by atoms with E-state index in [1.165, 1.54) is 55.5 Å². The summed E-state index contributed by atoms with van der Waals surface area (Å²) < 4.78 is 20.3. The average molecular weight is 1040 g/mol. The SMILES string of the molecule is CC1(C)c2cc(Oc3ccccc3)ccc2-c2cc3c4c(c21)N(c1ccccc1)c1ccccc1B4c1cc2c(cc1N3c1ccccc1)N(c1ccccc1)c1c3c(cc4cc(Oc5ccccc5)ccc14)Oc1ccccc1B23. The van der Waals surface area contributed by atoms with Gasteiger partial charge in [0.05, 0.1) is 5.69 Å². The summed E-state index contributed by atoms with van der Waals surface area (Å²) in [5.41, 5.74) is 22.1. The number of rotatable bonds is 7. The van der Waals surface area contributed by atoms with Crippen LogP contribution in [0.5, 0.6) is 34.5 Å². The first-order valence-electron chi connectivity index (χ1n) is 28.0. The number of hydrogen-bond donors (Lipinski definition) is 0. The smallest absolute Gasteiger partial charge is 0.256 e. The van der Waals surface area contributed by atoms with E-state index in [1.807, 2.05) is 60.7 Å². The number of para-hydroxylation sites is 7. The van der Waals surface area contributed by atoms with E-state index in [9.17, 15) is 0 Å². The first-order chi connectivity index (χ1) is 39.9. The quantitative estimate of drug-likeness (QED) is 0.148. The van der Waals surface area contributed by atoms with Crippen LogP contribution in [0.25, 0.3) is 21.9 Å². The van der Waals surface area contributed by atoms with Crippen molar-refractivity contribution >= 4 is 108 Å². The van der Waals surface area contributed by atoms with Crippen molar-refractivity contribution in [2.75, 3.05) is 14.7 Å². The molecule has 0 saturated heterocycles. The van der Waals surface area contributed by atoms with Gasteiger partial charge in [-0.15, -0.1) is 0 Å². The second-order valence-corrected chi connectivity index (χ2v) is 22.3. The van der Waals surface area contributed by atoms with E-state index in [1.54, 1.807) is 0 Å². The summed E-state index contributed by atoms with van der Waals surface area (Å²) in [6.45, 7) is 4.51. The van der Waals surface area contributed by atoms with Crippen molar-refractivity contribution in [1.82, 2.24) is 0 Å². The molecule has 0 aromatic heterocycles. The Morgan fingerprint density at radius 2 is 0.889 bits per heavy atom. The lowest BCUT2D eigenvalue weighted by atomic mass is 9.30. The molecular formula is C73H49B2N3O3. The van der Waals surface area contributed by atoms with Crippen LogP contribution in [-0.4, -0.2) is 13.4 Å². The predicted octanol–water partition coefficient (Wildman–Crippen LogP) is 15.2. The number of hydrogen-bond acceptors (Lipinski definition) is 6. The molecule has 4 heterocycles. The molecule has 5 aliphatic rings. The molecule has 0 N–H and O–H groups in total. The van der Waals surface area contributed by atoms with E-state index in [0.29, 0.717) is 0 Å². The van der Waals surface area contributed by atoms with E-state index in [4.69, 9.17) is 14.2 Å². The highest BCUT2D eigenvalue weighted by Gasteiger charge is 2.51. The molecule has 0 atom stereocenters. The minimum absolute atomic E-state index is 0.144. The van der Waals surface area contributed by atoms with Gasteiger partial charge in [0.25, 0.3) is 13.4 Å². The van der Waals surface area contributed by atoms with Crippen LogP contribution in [0.4, 0.5) is 51.2 Å². The maximum absolute atomic E-state index is 7.13. The zero-order valence-electron chi connectivity index (χ0n) is 44.5. The number of benzene rings is 12. The molecular weight excluding hydrogens is 988 g/mol. The monoisotopic (exact) mass is 1040 g/mol. The molecule has 4 aliphatic heterocycles. The summed E-state index contributed by atoms with van der Waals surface area (Å²) in [5.74, 6) is 4.90. The molecule has 12 aromatic rings. The average Bonchev–Trinajstić information content (AvgIpc) is 3.46. The molecule has 0 saturated carbocycles. The highest BCUT2D eigenvalue weighted by Crippen LogP contribution is 2.58. The summed E-state index contributed by atoms with van der Waals surface area (Å²) in [6, 6.07) is 93.9. The molecule has 81 heavy (non-hydrogen) atoms. The number of nitrogens with zero attached hydrogens (tertiary/aromatic N) is 3. The summed E-state index contributed by atoms with van der Waals surface area (Å²) in [7, 11) is 0. The Kier molecular flexibility index (Phi) is 9.85. The van der Waals surface area contributed by atoms with E-state index in [0.717, 1.165) is 96.0 Å². The summed E-state index contributed by atoms with van der Waals surface area (Å²) in [5, 5.41) is 2.14. The number of fused-ring (bicyclic) bond motifs is 14. The van der Waals surface area contributed by atoms with Gasteiger partial charge in [0.2, 0.25) is 0 Å². The Hall–Kier alpha value is -10.2.